The van der Waals surface area contributed by atoms with Gasteiger partial charge in [-0.15, -0.1) is 0 Å². The summed E-state index contributed by atoms with van der Waals surface area (Å²) in [7, 11) is -2.75. The van der Waals surface area contributed by atoms with E-state index < -0.39 is 10.3 Å². The van der Waals surface area contributed by atoms with E-state index in [2.05, 4.69) is 9.88 Å². The molecule has 0 aliphatic carbocycles. The van der Waals surface area contributed by atoms with Crippen molar-refractivity contribution in [3.63, 3.8) is 0 Å². The smallest absolute Gasteiger partial charge is 0.180 e. The van der Waals surface area contributed by atoms with E-state index in [0.717, 1.165) is 0 Å². The van der Waals surface area contributed by atoms with E-state index in [-0.39, 0.29) is 0 Å². The summed E-state index contributed by atoms with van der Waals surface area (Å²) in [5.41, 5.74) is 0. The molecule has 5 nitrogen and oxygen atoms in total. The van der Waals surface area contributed by atoms with Crippen LogP contribution in [0.15, 0.2) is 10.6 Å². The van der Waals surface area contributed by atoms with Gasteiger partial charge in [-0.1, -0.05) is 5.16 Å². The normalized spacial score (nSPS) is 13.0. The molecule has 1 aromatic heterocycles. The van der Waals surface area contributed by atoms with Crippen LogP contribution in [-0.4, -0.2) is 15.6 Å². The standard InChI is InChI=1S/C5H11N3O2S/c1-4-3-5(7-10-4)8-11(2,6)9/h3,11H,1-2H3,(H3,6,7,8,9). The molecule has 3 N–H and O–H groups in total. The minimum Gasteiger partial charge on any atom is -0.360 e. The van der Waals surface area contributed by atoms with Crippen LogP contribution in [-0.2, 0) is 10.3 Å². The Kier molecular flexibility index (Phi) is 1.97. The maximum atomic E-state index is 11.0. The van der Waals surface area contributed by atoms with Crippen LogP contribution in [0.5, 0.6) is 0 Å². The van der Waals surface area contributed by atoms with Crippen LogP contribution in [0.1, 0.15) is 5.76 Å². The van der Waals surface area contributed by atoms with E-state index >= 15 is 0 Å². The molecule has 0 saturated carbocycles. The van der Waals surface area contributed by atoms with Crippen molar-refractivity contribution in [3.8, 4) is 0 Å². The van der Waals surface area contributed by atoms with Crippen LogP contribution >= 0.6 is 0 Å². The van der Waals surface area contributed by atoms with Crippen molar-refractivity contribution in [2.75, 3.05) is 11.0 Å². The van der Waals surface area contributed by atoms with E-state index in [0.29, 0.717) is 11.6 Å². The van der Waals surface area contributed by atoms with Gasteiger partial charge in [0.25, 0.3) is 0 Å². The number of aryl methyl sites for hydroxylation is 1. The first-order chi connectivity index (χ1) is 4.97. The van der Waals surface area contributed by atoms with Gasteiger partial charge in [0.05, 0.1) is 0 Å². The molecule has 0 radical (unpaired) electrons. The maximum Gasteiger partial charge on any atom is 0.180 e. The Balaban J connectivity index is 2.73. The minimum absolute atomic E-state index is 0.413. The lowest BCUT2D eigenvalue weighted by Gasteiger charge is -2.12. The van der Waals surface area contributed by atoms with Crippen molar-refractivity contribution in [2.24, 2.45) is 5.14 Å². The summed E-state index contributed by atoms with van der Waals surface area (Å²) in [6.07, 6.45) is 1.41. The topological polar surface area (TPSA) is 81.1 Å². The number of hydrogen-bond donors (Lipinski definition) is 3. The van der Waals surface area contributed by atoms with Crippen molar-refractivity contribution in [1.82, 2.24) is 5.16 Å². The molecule has 0 bridgehead atoms. The molecule has 0 aromatic carbocycles. The fourth-order valence-corrected chi connectivity index (χ4v) is 1.21. The van der Waals surface area contributed by atoms with Crippen molar-refractivity contribution in [1.29, 1.82) is 0 Å². The highest BCUT2D eigenvalue weighted by Crippen LogP contribution is 2.08. The fourth-order valence-electron chi connectivity index (χ4n) is 0.647. The van der Waals surface area contributed by atoms with Crippen LogP contribution in [0.25, 0.3) is 0 Å². The molecule has 6 heteroatoms. The largest absolute Gasteiger partial charge is 0.360 e. The van der Waals surface area contributed by atoms with E-state index in [1.807, 2.05) is 0 Å². The summed E-state index contributed by atoms with van der Waals surface area (Å²) in [6, 6.07) is 1.63. The van der Waals surface area contributed by atoms with Crippen LogP contribution in [0.3, 0.4) is 0 Å². The molecular formula is C5H11N3O2S. The number of nitrogens with two attached hydrogens (primary N) is 1. The lowest BCUT2D eigenvalue weighted by molar-refractivity contribution is 0.400. The summed E-state index contributed by atoms with van der Waals surface area (Å²) in [4.78, 5) is 0. The molecule has 0 aliphatic heterocycles. The van der Waals surface area contributed by atoms with Crippen molar-refractivity contribution >= 4 is 16.1 Å². The van der Waals surface area contributed by atoms with Gasteiger partial charge in [-0.25, -0.2) is 0 Å². The first-order valence-corrected chi connectivity index (χ1v) is 5.27. The zero-order chi connectivity index (χ0) is 8.48. The van der Waals surface area contributed by atoms with Gasteiger partial charge in [-0.3, -0.25) is 14.1 Å². The lowest BCUT2D eigenvalue weighted by Crippen LogP contribution is -2.29. The molecule has 1 rings (SSSR count). The van der Waals surface area contributed by atoms with Crippen molar-refractivity contribution in [2.45, 2.75) is 6.92 Å². The number of anilines is 1. The number of aromatic nitrogens is 1. The second-order valence-electron chi connectivity index (χ2n) is 2.42. The summed E-state index contributed by atoms with van der Waals surface area (Å²) in [6.45, 7) is 1.75. The molecule has 0 spiro atoms. The molecule has 0 saturated heterocycles. The molecule has 1 aromatic rings. The Morgan fingerprint density at radius 1 is 1.82 bits per heavy atom. The summed E-state index contributed by atoms with van der Waals surface area (Å²) < 4.78 is 18.2. The molecule has 0 fully saturated rings. The highest BCUT2D eigenvalue weighted by molar-refractivity contribution is 8.01. The van der Waals surface area contributed by atoms with Gasteiger partial charge in [0.15, 0.2) is 5.82 Å². The summed E-state index contributed by atoms with van der Waals surface area (Å²) in [5, 5.41) is 8.80. The molecule has 0 atom stereocenters. The predicted molar refractivity (Wildman–Crippen MR) is 44.5 cm³/mol. The lowest BCUT2D eigenvalue weighted by atomic mass is 10.5. The molecule has 0 aliphatic rings. The summed E-state index contributed by atoms with van der Waals surface area (Å²) >= 11 is 0. The Bertz CT molecular complexity index is 290. The van der Waals surface area contributed by atoms with Crippen molar-refractivity contribution < 1.29 is 8.73 Å². The van der Waals surface area contributed by atoms with Crippen molar-refractivity contribution in [3.05, 3.63) is 11.8 Å². The third-order valence-electron chi connectivity index (χ3n) is 0.965. The zero-order valence-corrected chi connectivity index (χ0v) is 7.26. The summed E-state index contributed by atoms with van der Waals surface area (Å²) in [5.74, 6) is 1.07. The molecule has 1 heterocycles. The van der Waals surface area contributed by atoms with E-state index in [1.165, 1.54) is 6.26 Å². The maximum absolute atomic E-state index is 11.0. The molecule has 64 valence electrons. The highest BCUT2D eigenvalue weighted by atomic mass is 32.3. The minimum atomic E-state index is -2.75. The Labute approximate surface area is 65.6 Å². The van der Waals surface area contributed by atoms with Crippen LogP contribution < -0.4 is 9.86 Å². The van der Waals surface area contributed by atoms with Crippen LogP contribution in [0.2, 0.25) is 0 Å². The number of thiol groups is 1. The number of rotatable bonds is 2. The quantitative estimate of drug-likeness (QED) is 0.548. The van der Waals surface area contributed by atoms with Gasteiger partial charge in [0.2, 0.25) is 0 Å². The average molecular weight is 177 g/mol. The second kappa shape index (κ2) is 2.63. The Morgan fingerprint density at radius 3 is 2.82 bits per heavy atom. The van der Waals surface area contributed by atoms with E-state index in [9.17, 15) is 4.21 Å². The zero-order valence-electron chi connectivity index (χ0n) is 6.37. The predicted octanol–water partition coefficient (Wildman–Crippen LogP) is -0.170. The first kappa shape index (κ1) is 8.22. The number of hydrogen-bond acceptors (Lipinski definition) is 3. The van der Waals surface area contributed by atoms with Gasteiger partial charge in [-0.05, 0) is 6.92 Å². The number of nitrogens with one attached hydrogen (secondary N) is 1. The van der Waals surface area contributed by atoms with Gasteiger partial charge in [0.1, 0.15) is 5.76 Å². The second-order valence-corrected chi connectivity index (χ2v) is 4.63. The third-order valence-corrected chi connectivity index (χ3v) is 1.64. The fraction of sp³-hybridized carbons (Fsp3) is 0.400. The third kappa shape index (κ3) is 2.69. The SMILES string of the molecule is Cc1cc(N[SH](C)(N)=O)no1. The molecular weight excluding hydrogens is 166 g/mol. The molecule has 0 unspecified atom stereocenters. The Hall–Kier alpha value is -0.880. The van der Waals surface area contributed by atoms with Crippen LogP contribution in [0.4, 0.5) is 5.82 Å². The van der Waals surface area contributed by atoms with E-state index in [1.54, 1.807) is 13.0 Å². The van der Waals surface area contributed by atoms with Gasteiger partial charge in [0, 0.05) is 22.6 Å². The first-order valence-electron chi connectivity index (χ1n) is 3.05. The van der Waals surface area contributed by atoms with E-state index in [4.69, 9.17) is 9.66 Å². The molecule has 0 amide bonds. The highest BCUT2D eigenvalue weighted by Gasteiger charge is 2.03. The van der Waals surface area contributed by atoms with Crippen LogP contribution in [0, 0.1) is 6.92 Å². The monoisotopic (exact) mass is 177 g/mol. The van der Waals surface area contributed by atoms with Gasteiger partial charge < -0.3 is 4.52 Å². The van der Waals surface area contributed by atoms with Gasteiger partial charge in [-0.2, -0.15) is 0 Å². The Morgan fingerprint density at radius 2 is 2.45 bits per heavy atom. The number of nitrogens with zero attached hydrogens (tertiary/aromatic N) is 1. The molecule has 11 heavy (non-hydrogen) atoms. The van der Waals surface area contributed by atoms with Gasteiger partial charge >= 0.3 is 0 Å². The average Bonchev–Trinajstić information content (AvgIpc) is 2.10.